The number of ketones is 1. The predicted octanol–water partition coefficient (Wildman–Crippen LogP) is 5.08. The zero-order chi connectivity index (χ0) is 16.3. The van der Waals surface area contributed by atoms with E-state index in [0.29, 0.717) is 6.42 Å². The lowest BCUT2D eigenvalue weighted by atomic mass is 9.83. The number of Topliss-reactive ketones (excluding diaryl/α,β-unsaturated/α-hetero) is 1. The lowest BCUT2D eigenvalue weighted by Gasteiger charge is -2.26. The van der Waals surface area contributed by atoms with Gasteiger partial charge in [0, 0.05) is 28.5 Å². The number of fused-ring (bicyclic) bond motifs is 1. The highest BCUT2D eigenvalue weighted by atomic mass is 16.5. The SMILES string of the molecule is CC1(c2ccccc2)CC2=C(O1)c1cccc3cccc(c13)C2=O. The second kappa shape index (κ2) is 4.57. The van der Waals surface area contributed by atoms with Crippen molar-refractivity contribution < 1.29 is 9.53 Å². The Morgan fingerprint density at radius 3 is 2.33 bits per heavy atom. The van der Waals surface area contributed by atoms with E-state index in [4.69, 9.17) is 4.74 Å². The number of ether oxygens (including phenoxy) is 1. The van der Waals surface area contributed by atoms with Gasteiger partial charge in [0.15, 0.2) is 5.78 Å². The van der Waals surface area contributed by atoms with Crippen LogP contribution < -0.4 is 0 Å². The summed E-state index contributed by atoms with van der Waals surface area (Å²) in [4.78, 5) is 13.1. The van der Waals surface area contributed by atoms with E-state index >= 15 is 0 Å². The summed E-state index contributed by atoms with van der Waals surface area (Å²) in [6, 6.07) is 22.2. The first-order valence-electron chi connectivity index (χ1n) is 8.22. The quantitative estimate of drug-likeness (QED) is 0.626. The lowest BCUT2D eigenvalue weighted by molar-refractivity contribution is 0.0768. The van der Waals surface area contributed by atoms with Crippen molar-refractivity contribution in [3.63, 3.8) is 0 Å². The van der Waals surface area contributed by atoms with Crippen LogP contribution in [0.2, 0.25) is 0 Å². The molecule has 0 N–H and O–H groups in total. The second-order valence-electron chi connectivity index (χ2n) is 6.72. The molecule has 1 aliphatic heterocycles. The van der Waals surface area contributed by atoms with Gasteiger partial charge < -0.3 is 4.74 Å². The molecule has 0 saturated heterocycles. The van der Waals surface area contributed by atoms with Crippen LogP contribution in [0.25, 0.3) is 16.5 Å². The van der Waals surface area contributed by atoms with Gasteiger partial charge in [-0.3, -0.25) is 4.79 Å². The number of hydrogen-bond acceptors (Lipinski definition) is 2. The number of carbonyl (C=O) groups excluding carboxylic acids is 1. The smallest absolute Gasteiger partial charge is 0.193 e. The van der Waals surface area contributed by atoms with E-state index < -0.39 is 5.60 Å². The first kappa shape index (κ1) is 13.6. The third kappa shape index (κ3) is 1.68. The van der Waals surface area contributed by atoms with Gasteiger partial charge >= 0.3 is 0 Å². The summed E-state index contributed by atoms with van der Waals surface area (Å²) in [5, 5.41) is 2.10. The highest BCUT2D eigenvalue weighted by Crippen LogP contribution is 2.50. The van der Waals surface area contributed by atoms with Crippen LogP contribution >= 0.6 is 0 Å². The van der Waals surface area contributed by atoms with Crippen molar-refractivity contribution in [2.75, 3.05) is 0 Å². The molecule has 5 rings (SSSR count). The Morgan fingerprint density at radius 1 is 0.875 bits per heavy atom. The van der Waals surface area contributed by atoms with Crippen LogP contribution in [-0.4, -0.2) is 5.78 Å². The fourth-order valence-electron chi connectivity index (χ4n) is 3.98. The maximum absolute atomic E-state index is 13.1. The summed E-state index contributed by atoms with van der Waals surface area (Å²) < 4.78 is 6.42. The zero-order valence-corrected chi connectivity index (χ0v) is 13.4. The summed E-state index contributed by atoms with van der Waals surface area (Å²) in [5.74, 6) is 0.865. The Labute approximate surface area is 140 Å². The molecule has 0 amide bonds. The van der Waals surface area contributed by atoms with Gasteiger partial charge in [-0.15, -0.1) is 0 Å². The number of carbonyl (C=O) groups is 1. The topological polar surface area (TPSA) is 26.3 Å². The van der Waals surface area contributed by atoms with E-state index in [-0.39, 0.29) is 5.78 Å². The van der Waals surface area contributed by atoms with Crippen molar-refractivity contribution in [2.45, 2.75) is 18.9 Å². The van der Waals surface area contributed by atoms with E-state index in [2.05, 4.69) is 25.1 Å². The Hall–Kier alpha value is -2.87. The molecule has 116 valence electrons. The van der Waals surface area contributed by atoms with Crippen molar-refractivity contribution in [1.29, 1.82) is 0 Å². The van der Waals surface area contributed by atoms with Crippen molar-refractivity contribution >= 4 is 22.3 Å². The molecule has 0 bridgehead atoms. The van der Waals surface area contributed by atoms with Crippen molar-refractivity contribution in [2.24, 2.45) is 0 Å². The van der Waals surface area contributed by atoms with Crippen molar-refractivity contribution in [3.8, 4) is 0 Å². The zero-order valence-electron chi connectivity index (χ0n) is 13.4. The minimum Gasteiger partial charge on any atom is -0.481 e. The van der Waals surface area contributed by atoms with Gasteiger partial charge in [0.1, 0.15) is 11.4 Å². The average molecular weight is 312 g/mol. The minimum absolute atomic E-state index is 0.106. The maximum Gasteiger partial charge on any atom is 0.193 e. The molecule has 0 radical (unpaired) electrons. The molecule has 0 aromatic heterocycles. The van der Waals surface area contributed by atoms with Gasteiger partial charge in [-0.05, 0) is 17.9 Å². The molecule has 3 aromatic carbocycles. The van der Waals surface area contributed by atoms with Crippen molar-refractivity contribution in [1.82, 2.24) is 0 Å². The molecular formula is C22H16O2. The van der Waals surface area contributed by atoms with E-state index in [1.54, 1.807) is 0 Å². The molecule has 3 aromatic rings. The fraction of sp³-hybridized carbons (Fsp3) is 0.136. The highest BCUT2D eigenvalue weighted by molar-refractivity contribution is 6.24. The molecule has 0 saturated carbocycles. The number of hydrogen-bond donors (Lipinski definition) is 0. The van der Waals surface area contributed by atoms with E-state index in [1.807, 2.05) is 48.5 Å². The third-order valence-electron chi connectivity index (χ3n) is 5.17. The molecule has 0 spiro atoms. The number of rotatable bonds is 1. The van der Waals surface area contributed by atoms with Crippen LogP contribution in [0.5, 0.6) is 0 Å². The third-order valence-corrected chi connectivity index (χ3v) is 5.17. The Morgan fingerprint density at radius 2 is 1.58 bits per heavy atom. The van der Waals surface area contributed by atoms with Gasteiger partial charge in [-0.1, -0.05) is 66.7 Å². The predicted molar refractivity (Wildman–Crippen MR) is 94.7 cm³/mol. The molecule has 2 heteroatoms. The minimum atomic E-state index is -0.494. The van der Waals surface area contributed by atoms with Crippen LogP contribution in [0.3, 0.4) is 0 Å². The monoisotopic (exact) mass is 312 g/mol. The molecule has 1 aliphatic carbocycles. The van der Waals surface area contributed by atoms with Crippen molar-refractivity contribution in [3.05, 3.63) is 89.0 Å². The Kier molecular flexibility index (Phi) is 2.58. The Bertz CT molecular complexity index is 1030. The lowest BCUT2D eigenvalue weighted by Crippen LogP contribution is -2.21. The summed E-state index contributed by atoms with van der Waals surface area (Å²) in [7, 11) is 0. The first-order valence-corrected chi connectivity index (χ1v) is 8.22. The van der Waals surface area contributed by atoms with Crippen LogP contribution in [-0.2, 0) is 10.3 Å². The van der Waals surface area contributed by atoms with Crippen LogP contribution in [0.15, 0.2) is 72.3 Å². The van der Waals surface area contributed by atoms with E-state index in [0.717, 1.165) is 38.8 Å². The number of benzene rings is 3. The molecule has 24 heavy (non-hydrogen) atoms. The maximum atomic E-state index is 13.1. The fourth-order valence-corrected chi connectivity index (χ4v) is 3.98. The van der Waals surface area contributed by atoms with Gasteiger partial charge in [-0.25, -0.2) is 0 Å². The second-order valence-corrected chi connectivity index (χ2v) is 6.72. The molecule has 0 fully saturated rings. The molecule has 2 nitrogen and oxygen atoms in total. The average Bonchev–Trinajstić information content (AvgIpc) is 3.00. The molecule has 1 atom stereocenters. The van der Waals surface area contributed by atoms with Gasteiger partial charge in [-0.2, -0.15) is 0 Å². The molecule has 2 aliphatic rings. The molecule has 1 heterocycles. The Balaban J connectivity index is 1.71. The first-order chi connectivity index (χ1) is 11.7. The summed E-state index contributed by atoms with van der Waals surface area (Å²) >= 11 is 0. The summed E-state index contributed by atoms with van der Waals surface area (Å²) in [6.07, 6.45) is 0.607. The van der Waals surface area contributed by atoms with E-state index in [1.165, 1.54) is 0 Å². The van der Waals surface area contributed by atoms with Gasteiger partial charge in [0.2, 0.25) is 0 Å². The molecule has 1 unspecified atom stereocenters. The highest BCUT2D eigenvalue weighted by Gasteiger charge is 2.43. The normalized spacial score (nSPS) is 21.8. The summed E-state index contributed by atoms with van der Waals surface area (Å²) in [5.41, 5.74) is 3.24. The van der Waals surface area contributed by atoms with Crippen LogP contribution in [0.4, 0.5) is 0 Å². The van der Waals surface area contributed by atoms with Gasteiger partial charge in [0.25, 0.3) is 0 Å². The van der Waals surface area contributed by atoms with Crippen LogP contribution in [0.1, 0.15) is 34.8 Å². The van der Waals surface area contributed by atoms with E-state index in [9.17, 15) is 4.79 Å². The standard InChI is InChI=1S/C22H16O2/c1-22(15-9-3-2-4-10-15)13-18-20(23)16-11-5-7-14-8-6-12-17(19(14)16)21(18)24-22/h2-12H,13H2,1H3. The van der Waals surface area contributed by atoms with Gasteiger partial charge in [0.05, 0.1) is 0 Å². The summed E-state index contributed by atoms with van der Waals surface area (Å²) in [6.45, 7) is 2.07. The largest absolute Gasteiger partial charge is 0.481 e. The molecular weight excluding hydrogens is 296 g/mol. The van der Waals surface area contributed by atoms with Crippen LogP contribution in [0, 0.1) is 0 Å².